The summed E-state index contributed by atoms with van der Waals surface area (Å²) in [4.78, 5) is 35.6. The monoisotopic (exact) mass is 433 g/mol. The number of anilines is 1. The molecular formula is C19H13ClFN3O4S. The number of carbonyl (C=O) groups is 3. The molecule has 0 saturated carbocycles. The molecular weight excluding hydrogens is 421 g/mol. The van der Waals surface area contributed by atoms with Gasteiger partial charge in [0.2, 0.25) is 0 Å². The minimum atomic E-state index is -0.586. The summed E-state index contributed by atoms with van der Waals surface area (Å²) in [5.74, 6) is -1.81. The summed E-state index contributed by atoms with van der Waals surface area (Å²) < 4.78 is 18.5. The molecule has 0 spiro atoms. The number of halogens is 2. The van der Waals surface area contributed by atoms with Gasteiger partial charge in [0.05, 0.1) is 5.02 Å². The zero-order chi connectivity index (χ0) is 21.0. The van der Waals surface area contributed by atoms with E-state index < -0.39 is 23.5 Å². The van der Waals surface area contributed by atoms with Crippen LogP contribution in [0.2, 0.25) is 5.02 Å². The molecule has 29 heavy (non-hydrogen) atoms. The number of hydrogen-bond acceptors (Lipinski definition) is 5. The molecule has 10 heteroatoms. The summed E-state index contributed by atoms with van der Waals surface area (Å²) in [5.41, 5.74) is 0.843. The molecule has 0 bridgehead atoms. The predicted octanol–water partition coefficient (Wildman–Crippen LogP) is 2.41. The highest BCUT2D eigenvalue weighted by Gasteiger charge is 2.25. The Balaban J connectivity index is 1.57. The van der Waals surface area contributed by atoms with Crippen LogP contribution >= 0.6 is 23.8 Å². The SMILES string of the molecule is O=C(COc1ccc(C=C2C(=O)NC(=S)NC2=O)cc1)Nc1ccc(F)c(Cl)c1. The molecule has 3 amide bonds. The highest BCUT2D eigenvalue weighted by Crippen LogP contribution is 2.19. The quantitative estimate of drug-likeness (QED) is 0.382. The molecule has 0 aromatic heterocycles. The third-order valence-electron chi connectivity index (χ3n) is 3.71. The van der Waals surface area contributed by atoms with E-state index in [-0.39, 0.29) is 22.3 Å². The van der Waals surface area contributed by atoms with Crippen molar-refractivity contribution in [3.8, 4) is 5.75 Å². The maximum absolute atomic E-state index is 13.1. The van der Waals surface area contributed by atoms with E-state index >= 15 is 0 Å². The van der Waals surface area contributed by atoms with Crippen LogP contribution in [0.4, 0.5) is 10.1 Å². The first-order valence-electron chi connectivity index (χ1n) is 8.18. The van der Waals surface area contributed by atoms with E-state index in [1.165, 1.54) is 18.2 Å². The van der Waals surface area contributed by atoms with Crippen LogP contribution in [0.15, 0.2) is 48.0 Å². The molecule has 2 aromatic rings. The molecule has 3 rings (SSSR count). The van der Waals surface area contributed by atoms with Gasteiger partial charge in [0.15, 0.2) is 11.7 Å². The van der Waals surface area contributed by atoms with Gasteiger partial charge in [-0.15, -0.1) is 0 Å². The lowest BCUT2D eigenvalue weighted by Crippen LogP contribution is -2.51. The van der Waals surface area contributed by atoms with E-state index in [1.54, 1.807) is 24.3 Å². The summed E-state index contributed by atoms with van der Waals surface area (Å²) in [7, 11) is 0. The summed E-state index contributed by atoms with van der Waals surface area (Å²) in [6, 6.07) is 10.2. The molecule has 0 aliphatic carbocycles. The fraction of sp³-hybridized carbons (Fsp3) is 0.0526. The van der Waals surface area contributed by atoms with Crippen molar-refractivity contribution in [1.82, 2.24) is 10.6 Å². The normalized spacial score (nSPS) is 13.4. The number of benzene rings is 2. The van der Waals surface area contributed by atoms with Crippen molar-refractivity contribution in [3.05, 3.63) is 64.4 Å². The average Bonchev–Trinajstić information content (AvgIpc) is 2.67. The maximum atomic E-state index is 13.1. The first kappa shape index (κ1) is 20.4. The van der Waals surface area contributed by atoms with Gasteiger partial charge in [0, 0.05) is 5.69 Å². The van der Waals surface area contributed by atoms with E-state index in [9.17, 15) is 18.8 Å². The molecule has 1 aliphatic heterocycles. The van der Waals surface area contributed by atoms with Gasteiger partial charge >= 0.3 is 0 Å². The standard InChI is InChI=1S/C19H13ClFN3O4S/c20-14-8-11(3-6-15(14)21)22-16(25)9-28-12-4-1-10(2-5-12)7-13-17(26)23-19(29)24-18(13)27/h1-8H,9H2,(H,22,25)(H2,23,24,26,27,29). The topological polar surface area (TPSA) is 96.5 Å². The number of ether oxygens (including phenoxy) is 1. The van der Waals surface area contributed by atoms with Gasteiger partial charge < -0.3 is 10.1 Å². The van der Waals surface area contributed by atoms with Crippen molar-refractivity contribution in [2.45, 2.75) is 0 Å². The Labute approximate surface area is 174 Å². The zero-order valence-corrected chi connectivity index (χ0v) is 16.2. The second kappa shape index (κ2) is 8.80. The molecule has 148 valence electrons. The molecule has 7 nitrogen and oxygen atoms in total. The molecule has 1 fully saturated rings. The van der Waals surface area contributed by atoms with Crippen LogP contribution in [-0.2, 0) is 14.4 Å². The summed E-state index contributed by atoms with van der Waals surface area (Å²) in [5, 5.41) is 7.08. The van der Waals surface area contributed by atoms with Gasteiger partial charge in [0.25, 0.3) is 17.7 Å². The first-order chi connectivity index (χ1) is 13.8. The van der Waals surface area contributed by atoms with Crippen molar-refractivity contribution in [2.24, 2.45) is 0 Å². The number of nitrogens with one attached hydrogen (secondary N) is 3. The Bertz CT molecular complexity index is 1020. The van der Waals surface area contributed by atoms with Crippen molar-refractivity contribution >= 4 is 58.4 Å². The fourth-order valence-electron chi connectivity index (χ4n) is 2.35. The summed E-state index contributed by atoms with van der Waals surface area (Å²) in [6.45, 7) is -0.280. The Morgan fingerprint density at radius 1 is 1.14 bits per heavy atom. The van der Waals surface area contributed by atoms with E-state index in [4.69, 9.17) is 28.6 Å². The van der Waals surface area contributed by atoms with E-state index in [1.807, 2.05) is 0 Å². The van der Waals surface area contributed by atoms with Crippen molar-refractivity contribution < 1.29 is 23.5 Å². The highest BCUT2D eigenvalue weighted by atomic mass is 35.5. The van der Waals surface area contributed by atoms with E-state index in [0.29, 0.717) is 17.0 Å². The van der Waals surface area contributed by atoms with Crippen LogP contribution < -0.4 is 20.7 Å². The van der Waals surface area contributed by atoms with Gasteiger partial charge in [0.1, 0.15) is 17.1 Å². The third-order valence-corrected chi connectivity index (χ3v) is 4.20. The van der Waals surface area contributed by atoms with Crippen LogP contribution in [0.3, 0.4) is 0 Å². The maximum Gasteiger partial charge on any atom is 0.263 e. The van der Waals surface area contributed by atoms with Crippen LogP contribution in [0.25, 0.3) is 6.08 Å². The first-order valence-corrected chi connectivity index (χ1v) is 8.96. The van der Waals surface area contributed by atoms with Crippen molar-refractivity contribution in [1.29, 1.82) is 0 Å². The minimum absolute atomic E-state index is 0.0397. The molecule has 2 aromatic carbocycles. The molecule has 1 heterocycles. The number of hydrogen-bond donors (Lipinski definition) is 3. The van der Waals surface area contributed by atoms with Gasteiger partial charge in [-0.1, -0.05) is 23.7 Å². The molecule has 3 N–H and O–H groups in total. The predicted molar refractivity (Wildman–Crippen MR) is 109 cm³/mol. The molecule has 1 aliphatic rings. The van der Waals surface area contributed by atoms with Crippen LogP contribution in [0.5, 0.6) is 5.75 Å². The van der Waals surface area contributed by atoms with Crippen LogP contribution in [0, 0.1) is 5.82 Å². The Kier molecular flexibility index (Phi) is 6.20. The van der Waals surface area contributed by atoms with E-state index in [2.05, 4.69) is 16.0 Å². The Hall–Kier alpha value is -3.30. The Morgan fingerprint density at radius 3 is 2.41 bits per heavy atom. The van der Waals surface area contributed by atoms with Crippen LogP contribution in [0.1, 0.15) is 5.56 Å². The second-order valence-corrected chi connectivity index (χ2v) is 6.65. The fourth-order valence-corrected chi connectivity index (χ4v) is 2.72. The van der Waals surface area contributed by atoms with E-state index in [0.717, 1.165) is 6.07 Å². The van der Waals surface area contributed by atoms with Gasteiger partial charge in [-0.2, -0.15) is 0 Å². The largest absolute Gasteiger partial charge is 0.484 e. The lowest BCUT2D eigenvalue weighted by molar-refractivity contribution is -0.123. The lowest BCUT2D eigenvalue weighted by Gasteiger charge is -2.16. The molecule has 1 saturated heterocycles. The Morgan fingerprint density at radius 2 is 1.79 bits per heavy atom. The second-order valence-electron chi connectivity index (χ2n) is 5.83. The smallest absolute Gasteiger partial charge is 0.263 e. The third kappa shape index (κ3) is 5.37. The summed E-state index contributed by atoms with van der Waals surface area (Å²) >= 11 is 10.4. The van der Waals surface area contributed by atoms with Gasteiger partial charge in [-0.25, -0.2) is 4.39 Å². The van der Waals surface area contributed by atoms with Gasteiger partial charge in [-0.05, 0) is 54.2 Å². The molecule has 0 atom stereocenters. The highest BCUT2D eigenvalue weighted by molar-refractivity contribution is 7.80. The number of amides is 3. The lowest BCUT2D eigenvalue weighted by atomic mass is 10.1. The number of thiocarbonyl (C=S) groups is 1. The van der Waals surface area contributed by atoms with Gasteiger partial charge in [-0.3, -0.25) is 25.0 Å². The van der Waals surface area contributed by atoms with Crippen LogP contribution in [-0.4, -0.2) is 29.4 Å². The van der Waals surface area contributed by atoms with Crippen molar-refractivity contribution in [3.63, 3.8) is 0 Å². The summed E-state index contributed by atoms with van der Waals surface area (Å²) in [6.07, 6.45) is 1.40. The zero-order valence-electron chi connectivity index (χ0n) is 14.6. The molecule has 0 radical (unpaired) electrons. The number of rotatable bonds is 5. The number of carbonyl (C=O) groups excluding carboxylic acids is 3. The molecule has 0 unspecified atom stereocenters. The minimum Gasteiger partial charge on any atom is -0.484 e. The van der Waals surface area contributed by atoms with Crippen molar-refractivity contribution in [2.75, 3.05) is 11.9 Å². The average molecular weight is 434 g/mol.